The molecule has 2 fully saturated rings. The quantitative estimate of drug-likeness (QED) is 0.0775. The normalized spacial score (nSPS) is 14.6. The van der Waals surface area contributed by atoms with Crippen LogP contribution in [0.3, 0.4) is 0 Å². The van der Waals surface area contributed by atoms with Crippen molar-refractivity contribution in [1.29, 1.82) is 0 Å². The molecule has 0 aromatic carbocycles. The Morgan fingerprint density at radius 1 is 0.733 bits per heavy atom. The fraction of sp³-hybridized carbons (Fsp3) is 0.400. The first kappa shape index (κ1) is 39.8. The number of rotatable bonds is 4. The number of hydrogen-bond acceptors (Lipinski definition) is 16. The third-order valence-electron chi connectivity index (χ3n) is 5.58. The molecule has 2 aromatic rings. The number of nitrogens with one attached hydrogen (secondary N) is 4. The molecule has 0 unspecified atom stereocenters. The van der Waals surface area contributed by atoms with Gasteiger partial charge < -0.3 is 70.3 Å². The first-order valence-electron chi connectivity index (χ1n) is 12.4. The van der Waals surface area contributed by atoms with Crippen molar-refractivity contribution < 1.29 is 34.9 Å². The summed E-state index contributed by atoms with van der Waals surface area (Å²) < 4.78 is 17.3. The second-order valence-electron chi connectivity index (χ2n) is 8.26. The van der Waals surface area contributed by atoms with Gasteiger partial charge in [-0.05, 0) is 33.1 Å². The Morgan fingerprint density at radius 2 is 1.04 bits per heavy atom. The Labute approximate surface area is 310 Å². The number of aromatic nitrogens is 4. The summed E-state index contributed by atoms with van der Waals surface area (Å²) in [5, 5.41) is 15.3. The van der Waals surface area contributed by atoms with Crippen molar-refractivity contribution in [2.24, 2.45) is 0 Å². The molecule has 4 N–H and O–H groups in total. The van der Waals surface area contributed by atoms with E-state index in [0.717, 1.165) is 36.2 Å². The van der Waals surface area contributed by atoms with Crippen molar-refractivity contribution in [3.63, 3.8) is 0 Å². The standard InChI is InChI=1S/2C10H14N6OS4.Mo.2O/c2*17-8(7-12-1-2-13-7)15(9(18)19)16(10(20)21)14-5-3-11-4-6-14;;;/h2*1-2,11H,3-6H2,(H,12,13)(H,18,19)(H,20,21);;;/q;;+2;;/p-2. The van der Waals surface area contributed by atoms with E-state index in [0.29, 0.717) is 26.2 Å². The first-order valence-corrected chi connectivity index (χ1v) is 17.4. The Balaban J connectivity index is 0.000000288. The summed E-state index contributed by atoms with van der Waals surface area (Å²) in [5.41, 5.74) is 0. The number of amides is 2. The van der Waals surface area contributed by atoms with Gasteiger partial charge in [-0.1, -0.05) is 0 Å². The zero-order valence-electron chi connectivity index (χ0n) is 22.9. The minimum atomic E-state index is -2.03. The van der Waals surface area contributed by atoms with Crippen LogP contribution in [0, 0.1) is 0 Å². The predicted octanol–water partition coefficient (Wildman–Crippen LogP) is -0.369. The van der Waals surface area contributed by atoms with E-state index in [4.69, 9.17) is 80.9 Å². The molecule has 0 bridgehead atoms. The van der Waals surface area contributed by atoms with Gasteiger partial charge in [0.1, 0.15) is 0 Å². The summed E-state index contributed by atoms with van der Waals surface area (Å²) in [6.45, 7) is 5.67. The summed E-state index contributed by atoms with van der Waals surface area (Å²) in [4.78, 5) is 38.4. The number of hydrazine groups is 4. The summed E-state index contributed by atoms with van der Waals surface area (Å²) in [6, 6.07) is 0. The van der Waals surface area contributed by atoms with Gasteiger partial charge in [-0.25, -0.2) is 20.0 Å². The number of thiocarbonyl (C=S) groups is 4. The molecule has 2 saturated heterocycles. The number of piperazine rings is 2. The van der Waals surface area contributed by atoms with E-state index in [1.165, 1.54) is 22.6 Å². The van der Waals surface area contributed by atoms with Gasteiger partial charge in [0.2, 0.25) is 0 Å². The van der Waals surface area contributed by atoms with Gasteiger partial charge in [0, 0.05) is 77.1 Å². The van der Waals surface area contributed by atoms with Crippen LogP contribution in [0.1, 0.15) is 21.2 Å². The zero-order chi connectivity index (χ0) is 33.5. The fourth-order valence-electron chi connectivity index (χ4n) is 3.81. The Morgan fingerprint density at radius 3 is 1.27 bits per heavy atom. The summed E-state index contributed by atoms with van der Waals surface area (Å²) >= 11 is 36.8. The molecule has 16 nitrogen and oxygen atoms in total. The molecule has 0 saturated carbocycles. The first-order chi connectivity index (χ1) is 21.5. The summed E-state index contributed by atoms with van der Waals surface area (Å²) in [5.74, 6) is -0.691. The topological polar surface area (TPSA) is 169 Å². The monoisotopic (exact) mass is 852 g/mol. The molecule has 4 heterocycles. The van der Waals surface area contributed by atoms with Crippen LogP contribution in [0.25, 0.3) is 0 Å². The van der Waals surface area contributed by atoms with Crippen molar-refractivity contribution in [3.05, 3.63) is 36.4 Å². The Kier molecular flexibility index (Phi) is 18.3. The van der Waals surface area contributed by atoms with Crippen molar-refractivity contribution in [2.75, 3.05) is 52.4 Å². The Hall–Kier alpha value is -1.41. The van der Waals surface area contributed by atoms with Gasteiger partial charge >= 0.3 is 37.1 Å². The molecule has 45 heavy (non-hydrogen) atoms. The van der Waals surface area contributed by atoms with E-state index < -0.39 is 30.3 Å². The maximum absolute atomic E-state index is 12.5. The van der Waals surface area contributed by atoms with Crippen molar-refractivity contribution >= 4 is 128 Å². The molecule has 2 amide bonds. The number of carbonyl (C=O) groups excluding carboxylic acids is 2. The van der Waals surface area contributed by atoms with Crippen LogP contribution >= 0.6 is 74.1 Å². The second kappa shape index (κ2) is 20.7. The number of carbonyl (C=O) groups is 2. The molecule has 2 aliphatic heterocycles. The van der Waals surface area contributed by atoms with E-state index >= 15 is 0 Å². The van der Waals surface area contributed by atoms with Crippen molar-refractivity contribution in [1.82, 2.24) is 60.8 Å². The molecule has 0 spiro atoms. The van der Waals surface area contributed by atoms with E-state index in [-0.39, 0.29) is 28.9 Å². The van der Waals surface area contributed by atoms with E-state index in [1.54, 1.807) is 12.4 Å². The SMILES string of the molecule is O=C(c1ncc[nH]1)N(C(=S)[S-])N(C(=S)S)N1CCNCC1.O=C(c1ncc[nH]1)N(C(=S)[S-])N(C(=S)S)N1CCNCC1.[O]=[Mo+2]=[O]. The molecule has 2 aromatic heterocycles. The number of aromatic amines is 2. The van der Waals surface area contributed by atoms with Crippen LogP contribution in [0.5, 0.6) is 0 Å². The van der Waals surface area contributed by atoms with Crippen LogP contribution in [-0.4, -0.2) is 132 Å². The molecule has 244 valence electrons. The summed E-state index contributed by atoms with van der Waals surface area (Å²) in [6.07, 6.45) is 6.05. The van der Waals surface area contributed by atoms with Crippen molar-refractivity contribution in [2.45, 2.75) is 0 Å². The van der Waals surface area contributed by atoms with E-state index in [2.05, 4.69) is 55.8 Å². The third kappa shape index (κ3) is 12.0. The minimum absolute atomic E-state index is 0.0497. The van der Waals surface area contributed by atoms with Crippen LogP contribution in [0.15, 0.2) is 24.8 Å². The van der Waals surface area contributed by atoms with Gasteiger partial charge in [0.15, 0.2) is 20.3 Å². The number of nitrogens with zero attached hydrogens (tertiary/aromatic N) is 8. The molecule has 0 radical (unpaired) electrons. The average Bonchev–Trinajstić information content (AvgIpc) is 3.74. The molecule has 2 aliphatic rings. The fourth-order valence-corrected chi connectivity index (χ4v) is 5.28. The summed E-state index contributed by atoms with van der Waals surface area (Å²) in [7, 11) is 0. The number of hydrogen-bond donors (Lipinski definition) is 6. The Bertz CT molecular complexity index is 1260. The van der Waals surface area contributed by atoms with Crippen LogP contribution in [0.2, 0.25) is 0 Å². The third-order valence-corrected chi connectivity index (χ3v) is 6.95. The number of imidazole rings is 2. The van der Waals surface area contributed by atoms with E-state index in [9.17, 15) is 9.59 Å². The second-order valence-corrected chi connectivity index (χ2v) is 12.9. The van der Waals surface area contributed by atoms with Gasteiger partial charge in [-0.2, -0.15) is 20.3 Å². The van der Waals surface area contributed by atoms with Gasteiger partial charge in [0.05, 0.1) is 0 Å². The molecule has 0 aliphatic carbocycles. The molecule has 0 atom stereocenters. The maximum atomic E-state index is 12.5. The van der Waals surface area contributed by atoms with Crippen LogP contribution in [-0.2, 0) is 50.5 Å². The molecular weight excluding hydrogens is 825 g/mol. The molecule has 25 heteroatoms. The van der Waals surface area contributed by atoms with Crippen LogP contribution in [0.4, 0.5) is 0 Å². The van der Waals surface area contributed by atoms with Gasteiger partial charge in [0.25, 0.3) is 0 Å². The predicted molar refractivity (Wildman–Crippen MR) is 187 cm³/mol. The van der Waals surface area contributed by atoms with E-state index in [1.807, 2.05) is 10.0 Å². The molecule has 4 rings (SSSR count). The number of H-pyrrole nitrogens is 2. The van der Waals surface area contributed by atoms with Crippen LogP contribution < -0.4 is 10.6 Å². The molecular formula is C20H26MoN12O4S8. The number of thiol groups is 2. The average molecular weight is 851 g/mol. The zero-order valence-corrected chi connectivity index (χ0v) is 31.6. The van der Waals surface area contributed by atoms with Gasteiger partial charge in [-0.3, -0.25) is 9.59 Å². The van der Waals surface area contributed by atoms with Gasteiger partial charge in [-0.15, -0.1) is 25.3 Å². The van der Waals surface area contributed by atoms with Crippen molar-refractivity contribution in [3.8, 4) is 0 Å².